The van der Waals surface area contributed by atoms with Gasteiger partial charge in [0.1, 0.15) is 12.6 Å². The smallest absolute Gasteiger partial charge is 0.407 e. The fraction of sp³-hybridized carbons (Fsp3) is 0.370. The zero-order valence-electron chi connectivity index (χ0n) is 19.5. The highest BCUT2D eigenvalue weighted by molar-refractivity contribution is 5.87. The fourth-order valence-corrected chi connectivity index (χ4v) is 4.72. The molecule has 2 aromatic carbocycles. The molecule has 0 bridgehead atoms. The van der Waals surface area contributed by atoms with Crippen LogP contribution < -0.4 is 5.32 Å². The van der Waals surface area contributed by atoms with E-state index < -0.39 is 23.7 Å². The van der Waals surface area contributed by atoms with Crippen LogP contribution in [0.4, 0.5) is 4.79 Å². The van der Waals surface area contributed by atoms with Crippen LogP contribution in [0.1, 0.15) is 43.2 Å². The topological polar surface area (TPSA) is 116 Å². The zero-order valence-corrected chi connectivity index (χ0v) is 19.5. The molecule has 1 unspecified atom stereocenters. The minimum atomic E-state index is -1.84. The van der Waals surface area contributed by atoms with Gasteiger partial charge in [0, 0.05) is 38.3 Å². The Morgan fingerprint density at radius 3 is 2.20 bits per heavy atom. The number of ether oxygens (including phenoxy) is 1. The van der Waals surface area contributed by atoms with Crippen LogP contribution in [0.3, 0.4) is 0 Å². The van der Waals surface area contributed by atoms with E-state index in [1.54, 1.807) is 6.92 Å². The summed E-state index contributed by atoms with van der Waals surface area (Å²) in [6.45, 7) is 1.91. The number of nitrogens with zero attached hydrogens (tertiary/aromatic N) is 1. The van der Waals surface area contributed by atoms with Gasteiger partial charge in [-0.2, -0.15) is 0 Å². The van der Waals surface area contributed by atoms with Gasteiger partial charge >= 0.3 is 12.1 Å². The van der Waals surface area contributed by atoms with Crippen molar-refractivity contribution in [3.8, 4) is 23.0 Å². The third kappa shape index (κ3) is 5.00. The number of carbonyl (C=O) groups is 3. The molecule has 3 N–H and O–H groups in total. The maximum Gasteiger partial charge on any atom is 0.407 e. The Labute approximate surface area is 203 Å². The van der Waals surface area contributed by atoms with Crippen molar-refractivity contribution in [3.63, 3.8) is 0 Å². The number of aliphatic hydroxyl groups is 1. The molecule has 35 heavy (non-hydrogen) atoms. The quantitative estimate of drug-likeness (QED) is 0.552. The van der Waals surface area contributed by atoms with E-state index in [1.807, 2.05) is 36.4 Å². The number of likely N-dealkylation sites (tertiary alicyclic amines) is 1. The van der Waals surface area contributed by atoms with Crippen LogP contribution in [0.25, 0.3) is 11.1 Å². The molecule has 182 valence electrons. The normalized spacial score (nSPS) is 16.8. The number of hydrogen-bond acceptors (Lipinski definition) is 5. The van der Waals surface area contributed by atoms with Gasteiger partial charge in [0.2, 0.25) is 5.91 Å². The first-order valence-corrected chi connectivity index (χ1v) is 11.6. The molecule has 1 saturated heterocycles. The number of alkyl carbamates (subject to hydrolysis) is 1. The molecule has 8 nitrogen and oxygen atoms in total. The third-order valence-corrected chi connectivity index (χ3v) is 6.72. The monoisotopic (exact) mass is 476 g/mol. The highest BCUT2D eigenvalue weighted by Crippen LogP contribution is 2.44. The van der Waals surface area contributed by atoms with Crippen molar-refractivity contribution < 1.29 is 29.3 Å². The number of hydrogen-bond donors (Lipinski definition) is 3. The molecule has 0 saturated carbocycles. The van der Waals surface area contributed by atoms with Crippen LogP contribution in [0, 0.1) is 11.8 Å². The Bertz CT molecular complexity index is 1140. The van der Waals surface area contributed by atoms with E-state index in [9.17, 15) is 24.6 Å². The second-order valence-electron chi connectivity index (χ2n) is 8.82. The maximum absolute atomic E-state index is 13.1. The van der Waals surface area contributed by atoms with Gasteiger partial charge in [-0.05, 0) is 29.2 Å². The molecule has 1 atom stereocenters. The number of benzene rings is 2. The van der Waals surface area contributed by atoms with Gasteiger partial charge in [0.05, 0.1) is 0 Å². The van der Waals surface area contributed by atoms with Gasteiger partial charge in [0.25, 0.3) is 0 Å². The predicted molar refractivity (Wildman–Crippen MR) is 128 cm³/mol. The zero-order chi connectivity index (χ0) is 25.0. The standard InChI is InChI=1S/C27H28N2O6/c1-2-3-12-23(24(30)29-15-13-27(34,14-16-29)25(31)32)28-26(33)35-17-22-20-10-6-4-8-18(20)19-9-5-7-11-21(19)22/h4-11,22-23,34H,12-17H2,1H3,(H,28,33)(H,31,32). The number of carbonyl (C=O) groups excluding carboxylic acids is 2. The average molecular weight is 477 g/mol. The lowest BCUT2D eigenvalue weighted by molar-refractivity contribution is -0.165. The molecular formula is C27H28N2O6. The number of nitrogens with one attached hydrogen (secondary N) is 1. The lowest BCUT2D eigenvalue weighted by Gasteiger charge is -2.36. The first-order chi connectivity index (χ1) is 16.8. The van der Waals surface area contributed by atoms with Gasteiger partial charge in [-0.1, -0.05) is 48.5 Å². The van der Waals surface area contributed by atoms with E-state index in [2.05, 4.69) is 29.3 Å². The largest absolute Gasteiger partial charge is 0.479 e. The number of amides is 2. The lowest BCUT2D eigenvalue weighted by Crippen LogP contribution is -2.55. The van der Waals surface area contributed by atoms with Crippen LogP contribution in [-0.2, 0) is 14.3 Å². The van der Waals surface area contributed by atoms with Gasteiger partial charge in [0.15, 0.2) is 5.60 Å². The van der Waals surface area contributed by atoms with Gasteiger partial charge in [-0.25, -0.2) is 9.59 Å². The second kappa shape index (κ2) is 10.2. The third-order valence-electron chi connectivity index (χ3n) is 6.72. The summed E-state index contributed by atoms with van der Waals surface area (Å²) >= 11 is 0. The summed E-state index contributed by atoms with van der Waals surface area (Å²) in [5, 5.41) is 22.0. The Balaban J connectivity index is 1.40. The van der Waals surface area contributed by atoms with Crippen molar-refractivity contribution in [2.45, 2.75) is 43.7 Å². The highest BCUT2D eigenvalue weighted by atomic mass is 16.5. The minimum Gasteiger partial charge on any atom is -0.479 e. The fourth-order valence-electron chi connectivity index (χ4n) is 4.72. The highest BCUT2D eigenvalue weighted by Gasteiger charge is 2.41. The van der Waals surface area contributed by atoms with Crippen molar-refractivity contribution in [2.75, 3.05) is 19.7 Å². The van der Waals surface area contributed by atoms with E-state index in [0.29, 0.717) is 0 Å². The maximum atomic E-state index is 13.1. The van der Waals surface area contributed by atoms with Gasteiger partial charge in [-0.3, -0.25) is 4.79 Å². The Morgan fingerprint density at radius 1 is 1.09 bits per heavy atom. The molecule has 1 heterocycles. The van der Waals surface area contributed by atoms with Crippen molar-refractivity contribution in [1.82, 2.24) is 10.2 Å². The molecule has 8 heteroatoms. The molecule has 1 aliphatic heterocycles. The summed E-state index contributed by atoms with van der Waals surface area (Å²) in [4.78, 5) is 38.5. The van der Waals surface area contributed by atoms with E-state index in [0.717, 1.165) is 22.3 Å². The van der Waals surface area contributed by atoms with Crippen LogP contribution in [0.5, 0.6) is 0 Å². The number of fused-ring (bicyclic) bond motifs is 3. The van der Waals surface area contributed by atoms with Gasteiger partial charge < -0.3 is 25.2 Å². The van der Waals surface area contributed by atoms with Crippen molar-refractivity contribution in [3.05, 3.63) is 59.7 Å². The summed E-state index contributed by atoms with van der Waals surface area (Å²) in [5.41, 5.74) is 2.58. The Kier molecular flexibility index (Phi) is 7.08. The summed E-state index contributed by atoms with van der Waals surface area (Å²) in [6, 6.07) is 15.1. The number of aliphatic carboxylic acids is 1. The number of carboxylic acid groups (broad SMARTS) is 1. The average Bonchev–Trinajstić information content (AvgIpc) is 3.19. The molecule has 4 rings (SSSR count). The first-order valence-electron chi connectivity index (χ1n) is 11.6. The molecule has 0 spiro atoms. The SMILES string of the molecule is CC#CCC(NC(=O)OCC1c2ccccc2-c2ccccc21)C(=O)N1CCC(O)(C(=O)O)CC1. The van der Waals surface area contributed by atoms with E-state index >= 15 is 0 Å². The van der Waals surface area contributed by atoms with Crippen LogP contribution in [0.15, 0.2) is 48.5 Å². The number of rotatable bonds is 6. The summed E-state index contributed by atoms with van der Waals surface area (Å²) in [7, 11) is 0. The first kappa shape index (κ1) is 24.3. The molecule has 1 aliphatic carbocycles. The minimum absolute atomic E-state index is 0.0735. The molecule has 2 aliphatic rings. The van der Waals surface area contributed by atoms with Crippen LogP contribution in [0.2, 0.25) is 0 Å². The van der Waals surface area contributed by atoms with Crippen LogP contribution in [-0.4, -0.2) is 64.4 Å². The summed E-state index contributed by atoms with van der Waals surface area (Å²) in [5.74, 6) is 3.76. The Hall–Kier alpha value is -3.83. The van der Waals surface area contributed by atoms with E-state index in [-0.39, 0.29) is 50.8 Å². The summed E-state index contributed by atoms with van der Waals surface area (Å²) in [6.07, 6.45) is -0.780. The van der Waals surface area contributed by atoms with E-state index in [4.69, 9.17) is 4.74 Å². The molecule has 0 radical (unpaired) electrons. The molecule has 2 aromatic rings. The van der Waals surface area contributed by atoms with Crippen molar-refractivity contribution in [2.24, 2.45) is 0 Å². The van der Waals surface area contributed by atoms with Crippen molar-refractivity contribution in [1.29, 1.82) is 0 Å². The second-order valence-corrected chi connectivity index (χ2v) is 8.82. The lowest BCUT2D eigenvalue weighted by atomic mass is 9.91. The summed E-state index contributed by atoms with van der Waals surface area (Å²) < 4.78 is 5.57. The van der Waals surface area contributed by atoms with Crippen molar-refractivity contribution >= 4 is 18.0 Å². The van der Waals surface area contributed by atoms with Gasteiger partial charge in [-0.15, -0.1) is 11.8 Å². The number of piperidine rings is 1. The van der Waals surface area contributed by atoms with Crippen LogP contribution >= 0.6 is 0 Å². The van der Waals surface area contributed by atoms with E-state index in [1.165, 1.54) is 4.90 Å². The molecule has 0 aromatic heterocycles. The molecule has 1 fully saturated rings. The predicted octanol–water partition coefficient (Wildman–Crippen LogP) is 2.75. The Morgan fingerprint density at radius 2 is 1.66 bits per heavy atom. The molecular weight excluding hydrogens is 448 g/mol. The number of carboxylic acids is 1. The molecule has 2 amide bonds.